The lowest BCUT2D eigenvalue weighted by Crippen LogP contribution is -1.93. The standard InChI is InChI=1S/C40H26/c1-2-14-27(15-3-1)39-34-22-10-12-24-36(34)40(37-25-13-11-23-35(37)39)33-21-9-8-20-32(33)38-26-28-16-4-5-17-29(28)30-18-6-7-19-31(30)38/h1-26H. The number of hydrogen-bond donors (Lipinski definition) is 0. The van der Waals surface area contributed by atoms with Gasteiger partial charge in [-0.1, -0.05) is 152 Å². The van der Waals surface area contributed by atoms with E-state index in [1.165, 1.54) is 76.5 Å². The van der Waals surface area contributed by atoms with E-state index in [-0.39, 0.29) is 0 Å². The molecular weight excluding hydrogens is 480 g/mol. The fourth-order valence-electron chi connectivity index (χ4n) is 6.55. The SMILES string of the molecule is c1ccc(-c2c3ccccc3c(-c3ccccc3-c3cc4ccccc4c4ccccc34)c3ccccc23)cc1. The van der Waals surface area contributed by atoms with Crippen LogP contribution >= 0.6 is 0 Å². The molecule has 0 aliphatic rings. The van der Waals surface area contributed by atoms with Crippen molar-refractivity contribution in [2.24, 2.45) is 0 Å². The van der Waals surface area contributed by atoms with Crippen LogP contribution in [-0.4, -0.2) is 0 Å². The molecule has 0 unspecified atom stereocenters. The Kier molecular flexibility index (Phi) is 5.24. The van der Waals surface area contributed by atoms with Crippen LogP contribution in [0, 0.1) is 0 Å². The molecule has 0 radical (unpaired) electrons. The van der Waals surface area contributed by atoms with Gasteiger partial charge in [-0.25, -0.2) is 0 Å². The van der Waals surface area contributed by atoms with Crippen LogP contribution in [0.5, 0.6) is 0 Å². The second-order valence-corrected chi connectivity index (χ2v) is 10.4. The summed E-state index contributed by atoms with van der Waals surface area (Å²) in [5, 5.41) is 10.2. The molecule has 40 heavy (non-hydrogen) atoms. The highest BCUT2D eigenvalue weighted by molar-refractivity contribution is 6.23. The Hall–Kier alpha value is -5.20. The zero-order valence-electron chi connectivity index (χ0n) is 22.0. The highest BCUT2D eigenvalue weighted by Gasteiger charge is 2.19. The summed E-state index contributed by atoms with van der Waals surface area (Å²) in [4.78, 5) is 0. The van der Waals surface area contributed by atoms with E-state index in [0.29, 0.717) is 0 Å². The predicted octanol–water partition coefficient (Wildman–Crippen LogP) is 11.3. The smallest absolute Gasteiger partial charge is 0.00201 e. The molecular formula is C40H26. The molecule has 0 aliphatic carbocycles. The maximum atomic E-state index is 2.37. The molecule has 8 aromatic carbocycles. The van der Waals surface area contributed by atoms with Gasteiger partial charge in [0.1, 0.15) is 0 Å². The lowest BCUT2D eigenvalue weighted by atomic mass is 9.83. The van der Waals surface area contributed by atoms with E-state index < -0.39 is 0 Å². The third kappa shape index (κ3) is 3.47. The first-order valence-electron chi connectivity index (χ1n) is 13.9. The van der Waals surface area contributed by atoms with E-state index in [1.54, 1.807) is 0 Å². The highest BCUT2D eigenvalue weighted by Crippen LogP contribution is 2.47. The molecule has 0 saturated heterocycles. The van der Waals surface area contributed by atoms with Gasteiger partial charge in [-0.05, 0) is 82.5 Å². The molecule has 186 valence electrons. The number of hydrogen-bond acceptors (Lipinski definition) is 0. The summed E-state index contributed by atoms with van der Waals surface area (Å²) in [5.74, 6) is 0. The molecule has 8 rings (SSSR count). The van der Waals surface area contributed by atoms with Crippen LogP contribution < -0.4 is 0 Å². The van der Waals surface area contributed by atoms with E-state index in [9.17, 15) is 0 Å². The summed E-state index contributed by atoms with van der Waals surface area (Å²) in [7, 11) is 0. The summed E-state index contributed by atoms with van der Waals surface area (Å²) in [5.41, 5.74) is 7.62. The van der Waals surface area contributed by atoms with Crippen LogP contribution in [0.1, 0.15) is 0 Å². The Labute approximate surface area is 233 Å². The van der Waals surface area contributed by atoms with E-state index in [1.807, 2.05) is 0 Å². The van der Waals surface area contributed by atoms with Crippen LogP contribution in [0.4, 0.5) is 0 Å². The van der Waals surface area contributed by atoms with Gasteiger partial charge in [0.25, 0.3) is 0 Å². The summed E-state index contributed by atoms with van der Waals surface area (Å²) < 4.78 is 0. The van der Waals surface area contributed by atoms with Crippen LogP contribution in [0.25, 0.3) is 76.5 Å². The van der Waals surface area contributed by atoms with Crippen LogP contribution in [-0.2, 0) is 0 Å². The Morgan fingerprint density at radius 2 is 0.700 bits per heavy atom. The minimum Gasteiger partial charge on any atom is -0.0622 e. The number of benzene rings is 8. The summed E-state index contributed by atoms with van der Waals surface area (Å²) in [6, 6.07) is 57.5. The van der Waals surface area contributed by atoms with Crippen LogP contribution in [0.15, 0.2) is 158 Å². The van der Waals surface area contributed by atoms with Gasteiger partial charge in [-0.3, -0.25) is 0 Å². The molecule has 0 amide bonds. The lowest BCUT2D eigenvalue weighted by Gasteiger charge is -2.20. The average Bonchev–Trinajstić information content (AvgIpc) is 3.03. The molecule has 0 aliphatic heterocycles. The second kappa shape index (κ2) is 9.22. The Morgan fingerprint density at radius 3 is 1.35 bits per heavy atom. The van der Waals surface area contributed by atoms with E-state index in [0.717, 1.165) is 0 Å². The van der Waals surface area contributed by atoms with Crippen LogP contribution in [0.3, 0.4) is 0 Å². The molecule has 0 heterocycles. The van der Waals surface area contributed by atoms with Gasteiger partial charge in [0.15, 0.2) is 0 Å². The van der Waals surface area contributed by atoms with Gasteiger partial charge in [0, 0.05) is 0 Å². The first-order valence-corrected chi connectivity index (χ1v) is 13.9. The molecule has 0 saturated carbocycles. The highest BCUT2D eigenvalue weighted by atomic mass is 14.2. The molecule has 0 N–H and O–H groups in total. The molecule has 0 nitrogen and oxygen atoms in total. The average molecular weight is 507 g/mol. The monoisotopic (exact) mass is 506 g/mol. The van der Waals surface area contributed by atoms with Crippen molar-refractivity contribution in [1.29, 1.82) is 0 Å². The van der Waals surface area contributed by atoms with Crippen LogP contribution in [0.2, 0.25) is 0 Å². The maximum Gasteiger partial charge on any atom is -0.00201 e. The lowest BCUT2D eigenvalue weighted by molar-refractivity contribution is 1.63. The molecule has 0 fully saturated rings. The zero-order valence-corrected chi connectivity index (χ0v) is 22.0. The third-order valence-electron chi connectivity index (χ3n) is 8.25. The Balaban J connectivity index is 1.52. The number of fused-ring (bicyclic) bond motifs is 5. The molecule has 0 heteroatoms. The quantitative estimate of drug-likeness (QED) is 0.165. The van der Waals surface area contributed by atoms with Gasteiger partial charge in [0.05, 0.1) is 0 Å². The number of rotatable bonds is 3. The van der Waals surface area contributed by atoms with Crippen molar-refractivity contribution in [1.82, 2.24) is 0 Å². The largest absolute Gasteiger partial charge is 0.0622 e. The van der Waals surface area contributed by atoms with Crippen molar-refractivity contribution in [3.05, 3.63) is 158 Å². The first kappa shape index (κ1) is 22.8. The van der Waals surface area contributed by atoms with Gasteiger partial charge >= 0.3 is 0 Å². The van der Waals surface area contributed by atoms with Gasteiger partial charge in [0.2, 0.25) is 0 Å². The fourth-order valence-corrected chi connectivity index (χ4v) is 6.55. The molecule has 0 aromatic heterocycles. The molecule has 8 aromatic rings. The van der Waals surface area contributed by atoms with E-state index in [4.69, 9.17) is 0 Å². The normalized spacial score (nSPS) is 11.5. The fraction of sp³-hybridized carbons (Fsp3) is 0. The minimum atomic E-state index is 1.25. The van der Waals surface area contributed by atoms with E-state index >= 15 is 0 Å². The second-order valence-electron chi connectivity index (χ2n) is 10.4. The van der Waals surface area contributed by atoms with E-state index in [2.05, 4.69) is 158 Å². The summed E-state index contributed by atoms with van der Waals surface area (Å²) >= 11 is 0. The minimum absolute atomic E-state index is 1.25. The zero-order chi connectivity index (χ0) is 26.5. The van der Waals surface area contributed by atoms with Gasteiger partial charge in [-0.2, -0.15) is 0 Å². The molecule has 0 atom stereocenters. The maximum absolute atomic E-state index is 2.37. The van der Waals surface area contributed by atoms with Crippen molar-refractivity contribution >= 4 is 43.1 Å². The van der Waals surface area contributed by atoms with Crippen molar-refractivity contribution in [2.75, 3.05) is 0 Å². The Morgan fingerprint density at radius 1 is 0.250 bits per heavy atom. The van der Waals surface area contributed by atoms with Crippen molar-refractivity contribution < 1.29 is 0 Å². The summed E-state index contributed by atoms with van der Waals surface area (Å²) in [6.45, 7) is 0. The summed E-state index contributed by atoms with van der Waals surface area (Å²) in [6.07, 6.45) is 0. The first-order chi connectivity index (χ1) is 19.9. The molecule has 0 spiro atoms. The molecule has 0 bridgehead atoms. The van der Waals surface area contributed by atoms with Crippen molar-refractivity contribution in [2.45, 2.75) is 0 Å². The van der Waals surface area contributed by atoms with Crippen molar-refractivity contribution in [3.63, 3.8) is 0 Å². The van der Waals surface area contributed by atoms with Gasteiger partial charge in [-0.15, -0.1) is 0 Å². The Bertz CT molecular complexity index is 2150. The van der Waals surface area contributed by atoms with Gasteiger partial charge < -0.3 is 0 Å². The topological polar surface area (TPSA) is 0 Å². The van der Waals surface area contributed by atoms with Crippen molar-refractivity contribution in [3.8, 4) is 33.4 Å². The predicted molar refractivity (Wildman–Crippen MR) is 173 cm³/mol. The third-order valence-corrected chi connectivity index (χ3v) is 8.25.